The highest BCUT2D eigenvalue weighted by Crippen LogP contribution is 2.31. The first-order valence-corrected chi connectivity index (χ1v) is 6.59. The van der Waals surface area contributed by atoms with E-state index in [1.807, 2.05) is 6.07 Å². The molecule has 20 heavy (non-hydrogen) atoms. The summed E-state index contributed by atoms with van der Waals surface area (Å²) in [6, 6.07) is 6.79. The number of nitrogens with one attached hydrogen (secondary N) is 1. The smallest absolute Gasteiger partial charge is 0.295 e. The molecule has 2 N–H and O–H groups in total. The van der Waals surface area contributed by atoms with Crippen molar-refractivity contribution in [3.8, 4) is 0 Å². The lowest BCUT2D eigenvalue weighted by atomic mass is 9.82. The number of aliphatic hydroxyl groups is 1. The van der Waals surface area contributed by atoms with Crippen LogP contribution in [0.3, 0.4) is 0 Å². The van der Waals surface area contributed by atoms with Gasteiger partial charge in [-0.2, -0.15) is 0 Å². The van der Waals surface area contributed by atoms with Gasteiger partial charge in [0.1, 0.15) is 5.52 Å². The molecule has 1 saturated carbocycles. The molecule has 1 aliphatic carbocycles. The number of aromatic nitrogens is 1. The summed E-state index contributed by atoms with van der Waals surface area (Å²) < 4.78 is 0. The van der Waals surface area contributed by atoms with Gasteiger partial charge in [-0.25, -0.2) is 4.98 Å². The predicted octanol–water partition coefficient (Wildman–Crippen LogP) is 2.33. The zero-order chi connectivity index (χ0) is 14.1. The first-order chi connectivity index (χ1) is 9.65. The summed E-state index contributed by atoms with van der Waals surface area (Å²) >= 11 is 0. The SMILES string of the molecule is O=[N+]([O-])c1ccc(NCC2CC(O)C2)c2cccnc12. The number of nitro groups is 1. The van der Waals surface area contributed by atoms with Crippen LogP contribution < -0.4 is 5.32 Å². The number of nitrogens with zero attached hydrogens (tertiary/aromatic N) is 2. The Labute approximate surface area is 115 Å². The van der Waals surface area contributed by atoms with Crippen molar-refractivity contribution in [3.05, 3.63) is 40.6 Å². The Morgan fingerprint density at radius 3 is 2.90 bits per heavy atom. The number of rotatable bonds is 4. The third-order valence-corrected chi connectivity index (χ3v) is 3.74. The maximum atomic E-state index is 11.0. The van der Waals surface area contributed by atoms with Crippen LogP contribution in [0.5, 0.6) is 0 Å². The molecule has 0 unspecified atom stereocenters. The van der Waals surface area contributed by atoms with Crippen LogP contribution in [-0.4, -0.2) is 27.7 Å². The van der Waals surface area contributed by atoms with Gasteiger partial charge in [0.2, 0.25) is 0 Å². The summed E-state index contributed by atoms with van der Waals surface area (Å²) in [4.78, 5) is 14.7. The van der Waals surface area contributed by atoms with Gasteiger partial charge in [0.25, 0.3) is 5.69 Å². The summed E-state index contributed by atoms with van der Waals surface area (Å²) in [6.07, 6.45) is 3.02. The standard InChI is InChI=1S/C14H15N3O3/c18-10-6-9(7-10)8-16-12-3-4-13(17(19)20)14-11(12)2-1-5-15-14/h1-5,9-10,16,18H,6-8H2. The molecule has 0 spiro atoms. The lowest BCUT2D eigenvalue weighted by Gasteiger charge is -2.31. The molecule has 3 rings (SSSR count). The molecule has 0 amide bonds. The number of fused-ring (bicyclic) bond motifs is 1. The monoisotopic (exact) mass is 273 g/mol. The topological polar surface area (TPSA) is 88.3 Å². The van der Waals surface area contributed by atoms with Crippen molar-refractivity contribution in [1.82, 2.24) is 4.98 Å². The average molecular weight is 273 g/mol. The number of aliphatic hydroxyl groups excluding tert-OH is 1. The maximum absolute atomic E-state index is 11.0. The molecule has 0 radical (unpaired) electrons. The number of nitro benzene ring substituents is 1. The Bertz CT molecular complexity index is 653. The quantitative estimate of drug-likeness (QED) is 0.659. The Morgan fingerprint density at radius 2 is 2.20 bits per heavy atom. The number of pyridine rings is 1. The summed E-state index contributed by atoms with van der Waals surface area (Å²) in [7, 11) is 0. The molecule has 104 valence electrons. The Morgan fingerprint density at radius 1 is 1.40 bits per heavy atom. The minimum atomic E-state index is -0.415. The largest absolute Gasteiger partial charge is 0.393 e. The third-order valence-electron chi connectivity index (χ3n) is 3.74. The minimum Gasteiger partial charge on any atom is -0.393 e. The molecule has 1 aromatic heterocycles. The molecule has 1 heterocycles. The van der Waals surface area contributed by atoms with Crippen LogP contribution >= 0.6 is 0 Å². The van der Waals surface area contributed by atoms with Crippen LogP contribution in [-0.2, 0) is 0 Å². The fraction of sp³-hybridized carbons (Fsp3) is 0.357. The van der Waals surface area contributed by atoms with Crippen LogP contribution in [0, 0.1) is 16.0 Å². The van der Waals surface area contributed by atoms with Gasteiger partial charge in [-0.15, -0.1) is 0 Å². The summed E-state index contributed by atoms with van der Waals surface area (Å²) in [5.74, 6) is 0.465. The molecular formula is C14H15N3O3. The fourth-order valence-corrected chi connectivity index (χ4v) is 2.58. The van der Waals surface area contributed by atoms with Crippen molar-refractivity contribution in [2.45, 2.75) is 18.9 Å². The van der Waals surface area contributed by atoms with Crippen molar-refractivity contribution >= 4 is 22.3 Å². The molecule has 2 aromatic rings. The molecule has 1 aromatic carbocycles. The van der Waals surface area contributed by atoms with E-state index in [1.165, 1.54) is 6.07 Å². The molecule has 1 fully saturated rings. The summed E-state index contributed by atoms with van der Waals surface area (Å²) in [6.45, 7) is 0.763. The van der Waals surface area contributed by atoms with Crippen LogP contribution in [0.1, 0.15) is 12.8 Å². The van der Waals surface area contributed by atoms with Gasteiger partial charge < -0.3 is 10.4 Å². The van der Waals surface area contributed by atoms with E-state index < -0.39 is 4.92 Å². The van der Waals surface area contributed by atoms with E-state index in [4.69, 9.17) is 0 Å². The van der Waals surface area contributed by atoms with Crippen molar-refractivity contribution < 1.29 is 10.0 Å². The highest BCUT2D eigenvalue weighted by molar-refractivity contribution is 5.96. The van der Waals surface area contributed by atoms with Crippen molar-refractivity contribution in [2.75, 3.05) is 11.9 Å². The molecule has 6 heteroatoms. The van der Waals surface area contributed by atoms with E-state index in [-0.39, 0.29) is 11.8 Å². The highest BCUT2D eigenvalue weighted by atomic mass is 16.6. The Balaban J connectivity index is 1.88. The third kappa shape index (κ3) is 2.30. The van der Waals surface area contributed by atoms with E-state index in [0.717, 1.165) is 30.5 Å². The number of hydrogen-bond donors (Lipinski definition) is 2. The summed E-state index contributed by atoms with van der Waals surface area (Å²) in [5, 5.41) is 24.3. The second-order valence-corrected chi connectivity index (χ2v) is 5.16. The van der Waals surface area contributed by atoms with Gasteiger partial charge in [-0.3, -0.25) is 10.1 Å². The molecular weight excluding hydrogens is 258 g/mol. The second kappa shape index (κ2) is 5.05. The van der Waals surface area contributed by atoms with Crippen molar-refractivity contribution in [1.29, 1.82) is 0 Å². The zero-order valence-electron chi connectivity index (χ0n) is 10.8. The molecule has 0 atom stereocenters. The van der Waals surface area contributed by atoms with E-state index >= 15 is 0 Å². The van der Waals surface area contributed by atoms with E-state index in [0.29, 0.717) is 11.4 Å². The van der Waals surface area contributed by atoms with Gasteiger partial charge in [0.05, 0.1) is 11.0 Å². The Kier molecular flexibility index (Phi) is 3.23. The highest BCUT2D eigenvalue weighted by Gasteiger charge is 2.27. The Hall–Kier alpha value is -2.21. The average Bonchev–Trinajstić information content (AvgIpc) is 2.41. The second-order valence-electron chi connectivity index (χ2n) is 5.16. The van der Waals surface area contributed by atoms with Crippen LogP contribution in [0.2, 0.25) is 0 Å². The van der Waals surface area contributed by atoms with Crippen molar-refractivity contribution in [2.24, 2.45) is 5.92 Å². The summed E-state index contributed by atoms with van der Waals surface area (Å²) in [5.41, 5.74) is 1.27. The van der Waals surface area contributed by atoms with E-state index in [1.54, 1.807) is 18.3 Å². The first kappa shape index (κ1) is 12.8. The van der Waals surface area contributed by atoms with Gasteiger partial charge in [0.15, 0.2) is 0 Å². The molecule has 1 aliphatic rings. The van der Waals surface area contributed by atoms with Crippen molar-refractivity contribution in [3.63, 3.8) is 0 Å². The fourth-order valence-electron chi connectivity index (χ4n) is 2.58. The molecule has 0 aliphatic heterocycles. The van der Waals surface area contributed by atoms with E-state index in [2.05, 4.69) is 10.3 Å². The van der Waals surface area contributed by atoms with Gasteiger partial charge in [-0.05, 0) is 37.0 Å². The van der Waals surface area contributed by atoms with Crippen LogP contribution in [0.25, 0.3) is 10.9 Å². The lowest BCUT2D eigenvalue weighted by molar-refractivity contribution is -0.383. The van der Waals surface area contributed by atoms with Crippen LogP contribution in [0.15, 0.2) is 30.5 Å². The maximum Gasteiger partial charge on any atom is 0.295 e. The first-order valence-electron chi connectivity index (χ1n) is 6.59. The number of benzene rings is 1. The number of anilines is 1. The van der Waals surface area contributed by atoms with Gasteiger partial charge >= 0.3 is 0 Å². The van der Waals surface area contributed by atoms with E-state index in [9.17, 15) is 15.2 Å². The molecule has 6 nitrogen and oxygen atoms in total. The number of hydrogen-bond acceptors (Lipinski definition) is 5. The molecule has 0 saturated heterocycles. The van der Waals surface area contributed by atoms with Gasteiger partial charge in [0, 0.05) is 29.9 Å². The molecule has 0 bridgehead atoms. The normalized spacial score (nSPS) is 21.4. The predicted molar refractivity (Wildman–Crippen MR) is 75.6 cm³/mol. The number of non-ortho nitro benzene ring substituents is 1. The lowest BCUT2D eigenvalue weighted by Crippen LogP contribution is -2.33. The zero-order valence-corrected chi connectivity index (χ0v) is 10.8. The van der Waals surface area contributed by atoms with Gasteiger partial charge in [-0.1, -0.05) is 0 Å². The van der Waals surface area contributed by atoms with Crippen LogP contribution in [0.4, 0.5) is 11.4 Å². The minimum absolute atomic E-state index is 0.0187.